The summed E-state index contributed by atoms with van der Waals surface area (Å²) in [6.45, 7) is 0.872. The molecule has 5 aromatic rings. The van der Waals surface area contributed by atoms with E-state index in [9.17, 15) is 9.59 Å². The van der Waals surface area contributed by atoms with Gasteiger partial charge in [0, 0.05) is 41.8 Å². The number of ether oxygens (including phenoxy) is 3. The van der Waals surface area contributed by atoms with Crippen LogP contribution in [0.15, 0.2) is 83.7 Å². The molecular weight excluding hydrogens is 536 g/mol. The average molecular weight is 569 g/mol. The lowest BCUT2D eigenvalue weighted by Gasteiger charge is -2.20. The quantitative estimate of drug-likeness (QED) is 0.188. The Hall–Kier alpha value is -4.56. The topological polar surface area (TPSA) is 77.1 Å². The van der Waals surface area contributed by atoms with E-state index in [2.05, 4.69) is 17.3 Å². The Balaban J connectivity index is 1.25. The summed E-state index contributed by atoms with van der Waals surface area (Å²) in [5.74, 6) is 1.78. The number of rotatable bonds is 10. The number of fused-ring (bicyclic) bond motifs is 2. The van der Waals surface area contributed by atoms with Gasteiger partial charge in [0.05, 0.1) is 36.3 Å². The van der Waals surface area contributed by atoms with Crippen molar-refractivity contribution in [3.05, 3.63) is 100 Å². The van der Waals surface area contributed by atoms with Crippen molar-refractivity contribution in [3.8, 4) is 17.2 Å². The van der Waals surface area contributed by atoms with Crippen LogP contribution in [0.2, 0.25) is 0 Å². The number of nitrogens with zero attached hydrogens (tertiary/aromatic N) is 1. The fraction of sp³-hybridized carbons (Fsp3) is 0.212. The fourth-order valence-corrected chi connectivity index (χ4v) is 6.15. The van der Waals surface area contributed by atoms with Gasteiger partial charge in [0.25, 0.3) is 5.91 Å². The lowest BCUT2D eigenvalue weighted by atomic mass is 10.1. The van der Waals surface area contributed by atoms with Gasteiger partial charge in [-0.3, -0.25) is 9.59 Å². The number of hydrogen-bond acceptors (Lipinski definition) is 7. The first kappa shape index (κ1) is 28.0. The van der Waals surface area contributed by atoms with Gasteiger partial charge in [-0.2, -0.15) is 0 Å². The third kappa shape index (κ3) is 5.83. The highest BCUT2D eigenvalue weighted by atomic mass is 32.1. The van der Waals surface area contributed by atoms with Crippen LogP contribution >= 0.6 is 11.3 Å². The molecule has 0 atom stereocenters. The molecule has 1 N–H and O–H groups in total. The summed E-state index contributed by atoms with van der Waals surface area (Å²) in [5, 5.41) is 4.11. The molecule has 0 fully saturated rings. The Kier molecular flexibility index (Phi) is 8.40. The minimum absolute atomic E-state index is 0.108. The molecule has 41 heavy (non-hydrogen) atoms. The number of aryl methyl sites for hydroxylation is 1. The second-order valence-electron chi connectivity index (χ2n) is 9.67. The second kappa shape index (κ2) is 12.3. The predicted octanol–water partition coefficient (Wildman–Crippen LogP) is 6.76. The number of hydrogen-bond donors (Lipinski definition) is 1. The summed E-state index contributed by atoms with van der Waals surface area (Å²) < 4.78 is 17.6. The van der Waals surface area contributed by atoms with Gasteiger partial charge in [0.1, 0.15) is 5.75 Å². The number of anilines is 2. The molecule has 0 unspecified atom stereocenters. The molecule has 7 nitrogen and oxygen atoms in total. The Morgan fingerprint density at radius 1 is 0.805 bits per heavy atom. The van der Waals surface area contributed by atoms with Gasteiger partial charge in [0.2, 0.25) is 0 Å². The minimum atomic E-state index is -0.259. The summed E-state index contributed by atoms with van der Waals surface area (Å²) >= 11 is 1.40. The molecule has 0 bridgehead atoms. The molecule has 210 valence electrons. The zero-order valence-corrected chi connectivity index (χ0v) is 24.3. The van der Waals surface area contributed by atoms with E-state index in [1.807, 2.05) is 48.5 Å². The lowest BCUT2D eigenvalue weighted by Crippen LogP contribution is -2.19. The predicted molar refractivity (Wildman–Crippen MR) is 168 cm³/mol. The van der Waals surface area contributed by atoms with Crippen molar-refractivity contribution in [1.29, 1.82) is 0 Å². The van der Waals surface area contributed by atoms with Crippen LogP contribution in [0.1, 0.15) is 22.3 Å². The summed E-state index contributed by atoms with van der Waals surface area (Å²) in [6.07, 6.45) is 1.86. The average Bonchev–Trinajstić information content (AvgIpc) is 3.01. The van der Waals surface area contributed by atoms with Gasteiger partial charge < -0.3 is 24.4 Å². The van der Waals surface area contributed by atoms with Gasteiger partial charge in [-0.15, -0.1) is 11.3 Å². The second-order valence-corrected chi connectivity index (χ2v) is 10.7. The Morgan fingerprint density at radius 3 is 2.20 bits per heavy atom. The number of carbonyl (C=O) groups is 1. The smallest absolute Gasteiger partial charge is 0.257 e. The molecule has 0 spiro atoms. The summed E-state index contributed by atoms with van der Waals surface area (Å²) in [6, 6.07) is 24.5. The monoisotopic (exact) mass is 568 g/mol. The van der Waals surface area contributed by atoms with E-state index in [0.29, 0.717) is 44.0 Å². The maximum atomic E-state index is 13.3. The summed E-state index contributed by atoms with van der Waals surface area (Å²) in [4.78, 5) is 28.7. The van der Waals surface area contributed by atoms with E-state index in [4.69, 9.17) is 14.2 Å². The van der Waals surface area contributed by atoms with Crippen molar-refractivity contribution in [3.63, 3.8) is 0 Å². The van der Waals surface area contributed by atoms with E-state index >= 15 is 0 Å². The molecule has 0 radical (unpaired) electrons. The van der Waals surface area contributed by atoms with Gasteiger partial charge in [-0.1, -0.05) is 24.3 Å². The molecule has 8 heteroatoms. The van der Waals surface area contributed by atoms with Crippen molar-refractivity contribution < 1.29 is 19.0 Å². The molecule has 0 saturated carbocycles. The van der Waals surface area contributed by atoms with Gasteiger partial charge in [-0.05, 0) is 66.9 Å². The zero-order chi connectivity index (χ0) is 28.9. The normalized spacial score (nSPS) is 10.9. The number of methoxy groups -OCH3 is 3. The van der Waals surface area contributed by atoms with Gasteiger partial charge >= 0.3 is 0 Å². The number of nitrogens with one attached hydrogen (secondary N) is 1. The van der Waals surface area contributed by atoms with Gasteiger partial charge in [-0.25, -0.2) is 0 Å². The maximum absolute atomic E-state index is 13.3. The lowest BCUT2D eigenvalue weighted by molar-refractivity contribution is 0.102. The molecular formula is C33H32N2O5S. The van der Waals surface area contributed by atoms with Crippen LogP contribution < -0.4 is 29.9 Å². The van der Waals surface area contributed by atoms with Crippen molar-refractivity contribution in [1.82, 2.24) is 0 Å². The molecule has 4 aromatic carbocycles. The Morgan fingerprint density at radius 2 is 1.49 bits per heavy atom. The van der Waals surface area contributed by atoms with E-state index < -0.39 is 0 Å². The van der Waals surface area contributed by atoms with Crippen molar-refractivity contribution in [2.24, 2.45) is 0 Å². The molecule has 1 amide bonds. The van der Waals surface area contributed by atoms with Crippen molar-refractivity contribution >= 4 is 48.8 Å². The van der Waals surface area contributed by atoms with E-state index in [-0.39, 0.29) is 11.3 Å². The first-order chi connectivity index (χ1) is 19.9. The van der Waals surface area contributed by atoms with Crippen molar-refractivity contribution in [2.45, 2.75) is 12.8 Å². The molecule has 0 aliphatic rings. The highest BCUT2D eigenvalue weighted by Gasteiger charge is 2.16. The third-order valence-electron chi connectivity index (χ3n) is 7.13. The van der Waals surface area contributed by atoms with Crippen LogP contribution in [0, 0.1) is 0 Å². The van der Waals surface area contributed by atoms with Crippen LogP contribution in [-0.2, 0) is 6.42 Å². The molecule has 0 saturated heterocycles. The highest BCUT2D eigenvalue weighted by Crippen LogP contribution is 2.34. The van der Waals surface area contributed by atoms with E-state index in [1.54, 1.807) is 51.7 Å². The highest BCUT2D eigenvalue weighted by molar-refractivity contribution is 7.25. The van der Waals surface area contributed by atoms with E-state index in [1.165, 1.54) is 16.9 Å². The Bertz CT molecular complexity index is 1760. The van der Waals surface area contributed by atoms with Crippen LogP contribution in [0.3, 0.4) is 0 Å². The molecule has 1 heterocycles. The standard InChI is InChI=1S/C33H32N2O5S/c1-35(23-17-18-27(38-2)29(20-23)40-4)19-7-8-21-13-15-22(16-14-21)34-33(37)26-11-5-9-24-30(36)25-10-6-12-28(39-3)32(25)41-31(24)26/h5-6,9-18,20H,7-8,19H2,1-4H3,(H,34,37). The molecule has 0 aliphatic carbocycles. The maximum Gasteiger partial charge on any atom is 0.257 e. The molecule has 5 rings (SSSR count). The minimum Gasteiger partial charge on any atom is -0.495 e. The van der Waals surface area contributed by atoms with Crippen LogP contribution in [-0.4, -0.2) is 40.8 Å². The molecule has 0 aliphatic heterocycles. The molecule has 1 aromatic heterocycles. The summed E-state index contributed by atoms with van der Waals surface area (Å²) in [7, 11) is 6.90. The van der Waals surface area contributed by atoms with Crippen LogP contribution in [0.25, 0.3) is 20.2 Å². The van der Waals surface area contributed by atoms with Crippen LogP contribution in [0.4, 0.5) is 11.4 Å². The van der Waals surface area contributed by atoms with Gasteiger partial charge in [0.15, 0.2) is 16.9 Å². The third-order valence-corrected chi connectivity index (χ3v) is 8.40. The number of carbonyl (C=O) groups excluding carboxylic acids is 1. The van der Waals surface area contributed by atoms with Crippen LogP contribution in [0.5, 0.6) is 17.2 Å². The largest absolute Gasteiger partial charge is 0.495 e. The Labute approximate surface area is 242 Å². The number of amides is 1. The first-order valence-corrected chi connectivity index (χ1v) is 14.1. The van der Waals surface area contributed by atoms with E-state index in [0.717, 1.165) is 29.8 Å². The van der Waals surface area contributed by atoms with Crippen molar-refractivity contribution in [2.75, 3.05) is 45.1 Å². The number of benzene rings is 4. The SMILES string of the molecule is COc1ccc(N(C)CCCc2ccc(NC(=O)c3cccc4c(=O)c5cccc(OC)c5sc34)cc2)cc1OC. The first-order valence-electron chi connectivity index (χ1n) is 13.3. The zero-order valence-electron chi connectivity index (χ0n) is 23.5. The summed E-state index contributed by atoms with van der Waals surface area (Å²) in [5.41, 5.74) is 3.29. The fourth-order valence-electron chi connectivity index (χ4n) is 4.88.